The van der Waals surface area contributed by atoms with Crippen molar-refractivity contribution >= 4 is 46.3 Å². The van der Waals surface area contributed by atoms with Crippen LogP contribution >= 0.6 is 11.3 Å². The Kier molecular flexibility index (Phi) is 10.9. The number of amides is 4. The van der Waals surface area contributed by atoms with E-state index in [1.54, 1.807) is 28.4 Å². The molecule has 48 heavy (non-hydrogen) atoms. The molecule has 3 aromatic rings. The molecule has 0 saturated carbocycles. The van der Waals surface area contributed by atoms with Crippen LogP contribution in [-0.2, 0) is 19.1 Å². The lowest BCUT2D eigenvalue weighted by Crippen LogP contribution is -2.51. The zero-order valence-corrected chi connectivity index (χ0v) is 28.8. The predicted octanol–water partition coefficient (Wildman–Crippen LogP) is 4.09. The van der Waals surface area contributed by atoms with E-state index in [1.807, 2.05) is 27.7 Å². The van der Waals surface area contributed by atoms with Crippen LogP contribution < -0.4 is 16.0 Å². The quantitative estimate of drug-likeness (QED) is 0.196. The van der Waals surface area contributed by atoms with Gasteiger partial charge in [0.1, 0.15) is 29.6 Å². The van der Waals surface area contributed by atoms with Crippen molar-refractivity contribution in [2.24, 2.45) is 11.8 Å². The van der Waals surface area contributed by atoms with E-state index in [0.29, 0.717) is 35.7 Å². The Bertz CT molecular complexity index is 1600. The molecule has 0 aromatic carbocycles. The monoisotopic (exact) mass is 684 g/mol. The largest absolute Gasteiger partial charge is 0.453 e. The maximum Gasteiger partial charge on any atom is 0.407 e. The summed E-state index contributed by atoms with van der Waals surface area (Å²) in [6.07, 6.45) is 7.01. The summed E-state index contributed by atoms with van der Waals surface area (Å²) in [5, 5.41) is 9.23. The third-order valence-electron chi connectivity index (χ3n) is 8.69. The molecule has 0 radical (unpaired) electrons. The SMILES string of the molecule is COC(=O)NC(C(=O)N1CCCC1c1ncc(Nc2ncc(-c3cnc(C4CCCN4C(=O)C(NC(=O)OC)C(C)C)[nH]3)s2)[nH]1)C(C)C. The molecule has 4 atom stereocenters. The molecule has 4 unspecified atom stereocenters. The molecule has 2 aliphatic heterocycles. The Labute approximate surface area is 282 Å². The molecule has 0 spiro atoms. The number of nitrogens with one attached hydrogen (secondary N) is 5. The van der Waals surface area contributed by atoms with E-state index < -0.39 is 24.3 Å². The van der Waals surface area contributed by atoms with Gasteiger partial charge in [-0.05, 0) is 37.5 Å². The highest BCUT2D eigenvalue weighted by atomic mass is 32.1. The summed E-state index contributed by atoms with van der Waals surface area (Å²) in [5.74, 6) is 1.38. The number of methoxy groups -OCH3 is 2. The summed E-state index contributed by atoms with van der Waals surface area (Å²) in [5.41, 5.74) is 0.772. The lowest BCUT2D eigenvalue weighted by atomic mass is 10.0. The molecule has 17 heteroatoms. The Hall–Kier alpha value is -4.67. The van der Waals surface area contributed by atoms with Crippen LogP contribution in [0.4, 0.5) is 20.5 Å². The molecule has 2 fully saturated rings. The number of carbonyl (C=O) groups is 4. The number of carbonyl (C=O) groups excluding carboxylic acids is 4. The first kappa shape index (κ1) is 34.7. The van der Waals surface area contributed by atoms with Crippen LogP contribution in [-0.4, -0.2) is 98.1 Å². The molecular weight excluding hydrogens is 640 g/mol. The van der Waals surface area contributed by atoms with Gasteiger partial charge in [-0.15, -0.1) is 0 Å². The average Bonchev–Trinajstić information content (AvgIpc) is 3.90. The van der Waals surface area contributed by atoms with Crippen molar-refractivity contribution in [3.63, 3.8) is 0 Å². The predicted molar refractivity (Wildman–Crippen MR) is 177 cm³/mol. The topological polar surface area (TPSA) is 200 Å². The van der Waals surface area contributed by atoms with E-state index in [2.05, 4.69) is 40.9 Å². The average molecular weight is 685 g/mol. The number of alkyl carbamates (subject to hydrolysis) is 2. The van der Waals surface area contributed by atoms with Crippen molar-refractivity contribution in [2.45, 2.75) is 77.5 Å². The number of thiazole rings is 1. The normalized spacial score (nSPS) is 19.0. The van der Waals surface area contributed by atoms with E-state index in [9.17, 15) is 19.2 Å². The van der Waals surface area contributed by atoms with Gasteiger partial charge in [0.15, 0.2) is 5.13 Å². The van der Waals surface area contributed by atoms with Crippen LogP contribution in [0.15, 0.2) is 18.6 Å². The molecule has 5 heterocycles. The first-order valence-corrected chi connectivity index (χ1v) is 16.9. The molecule has 0 bridgehead atoms. The number of nitrogens with zero attached hydrogens (tertiary/aromatic N) is 5. The lowest BCUT2D eigenvalue weighted by molar-refractivity contribution is -0.136. The summed E-state index contributed by atoms with van der Waals surface area (Å²) >= 11 is 1.42. The van der Waals surface area contributed by atoms with Crippen LogP contribution in [0.5, 0.6) is 0 Å². The molecule has 260 valence electrons. The zero-order chi connectivity index (χ0) is 34.5. The van der Waals surface area contributed by atoms with Crippen LogP contribution in [0.2, 0.25) is 0 Å². The number of rotatable bonds is 11. The Balaban J connectivity index is 1.24. The van der Waals surface area contributed by atoms with E-state index in [1.165, 1.54) is 25.6 Å². The van der Waals surface area contributed by atoms with Gasteiger partial charge in [-0.3, -0.25) is 9.59 Å². The fourth-order valence-electron chi connectivity index (χ4n) is 6.16. The molecule has 5 rings (SSSR count). The molecule has 4 amide bonds. The molecule has 5 N–H and O–H groups in total. The van der Waals surface area contributed by atoms with Crippen LogP contribution in [0.3, 0.4) is 0 Å². The molecular formula is C31H44N10O6S. The highest BCUT2D eigenvalue weighted by Crippen LogP contribution is 2.36. The summed E-state index contributed by atoms with van der Waals surface area (Å²) in [7, 11) is 2.55. The van der Waals surface area contributed by atoms with Gasteiger partial charge in [-0.1, -0.05) is 39.0 Å². The number of hydrogen-bond acceptors (Lipinski definition) is 11. The number of aromatic amines is 2. The van der Waals surface area contributed by atoms with Crippen LogP contribution in [0, 0.1) is 11.8 Å². The number of aromatic nitrogens is 5. The first-order valence-electron chi connectivity index (χ1n) is 16.1. The van der Waals surface area contributed by atoms with Crippen molar-refractivity contribution in [1.82, 2.24) is 45.4 Å². The molecule has 2 aliphatic rings. The van der Waals surface area contributed by atoms with E-state index in [4.69, 9.17) is 9.47 Å². The minimum absolute atomic E-state index is 0.119. The van der Waals surface area contributed by atoms with E-state index in [-0.39, 0.29) is 35.7 Å². The van der Waals surface area contributed by atoms with Crippen molar-refractivity contribution in [2.75, 3.05) is 32.6 Å². The third kappa shape index (κ3) is 7.55. The number of anilines is 2. The highest BCUT2D eigenvalue weighted by Gasteiger charge is 2.39. The zero-order valence-electron chi connectivity index (χ0n) is 28.0. The van der Waals surface area contributed by atoms with Gasteiger partial charge >= 0.3 is 12.2 Å². The molecule has 3 aromatic heterocycles. The van der Waals surface area contributed by atoms with Gasteiger partial charge in [0.05, 0.1) is 49.3 Å². The summed E-state index contributed by atoms with van der Waals surface area (Å²) in [6, 6.07) is -1.91. The molecule has 16 nitrogen and oxygen atoms in total. The van der Waals surface area contributed by atoms with Gasteiger partial charge in [-0.2, -0.15) is 0 Å². The van der Waals surface area contributed by atoms with Gasteiger partial charge in [0, 0.05) is 19.3 Å². The van der Waals surface area contributed by atoms with Crippen LogP contribution in [0.1, 0.15) is 77.1 Å². The van der Waals surface area contributed by atoms with E-state index >= 15 is 0 Å². The van der Waals surface area contributed by atoms with Crippen molar-refractivity contribution in [3.05, 3.63) is 30.2 Å². The van der Waals surface area contributed by atoms with Crippen molar-refractivity contribution in [1.29, 1.82) is 0 Å². The Morgan fingerprint density at radius 2 is 1.31 bits per heavy atom. The summed E-state index contributed by atoms with van der Waals surface area (Å²) in [4.78, 5) is 75.4. The number of likely N-dealkylation sites (tertiary alicyclic amines) is 2. The summed E-state index contributed by atoms with van der Waals surface area (Å²) < 4.78 is 9.45. The first-order chi connectivity index (χ1) is 23.0. The third-order valence-corrected chi connectivity index (χ3v) is 9.64. The molecule has 0 aliphatic carbocycles. The summed E-state index contributed by atoms with van der Waals surface area (Å²) in [6.45, 7) is 8.66. The Morgan fingerprint density at radius 3 is 1.83 bits per heavy atom. The Morgan fingerprint density at radius 1 is 0.792 bits per heavy atom. The van der Waals surface area contributed by atoms with Gasteiger partial charge in [-0.25, -0.2) is 24.5 Å². The minimum atomic E-state index is -0.708. The molecule has 2 saturated heterocycles. The minimum Gasteiger partial charge on any atom is -0.453 e. The number of hydrogen-bond donors (Lipinski definition) is 5. The number of imidazole rings is 2. The van der Waals surface area contributed by atoms with Gasteiger partial charge < -0.3 is 45.2 Å². The van der Waals surface area contributed by atoms with Gasteiger partial charge in [0.2, 0.25) is 11.8 Å². The maximum atomic E-state index is 13.5. The van der Waals surface area contributed by atoms with E-state index in [0.717, 1.165) is 36.3 Å². The highest BCUT2D eigenvalue weighted by molar-refractivity contribution is 7.18. The smallest absolute Gasteiger partial charge is 0.407 e. The van der Waals surface area contributed by atoms with Gasteiger partial charge in [0.25, 0.3) is 0 Å². The number of ether oxygens (including phenoxy) is 2. The second kappa shape index (κ2) is 15.0. The second-order valence-corrected chi connectivity index (χ2v) is 13.6. The fraction of sp³-hybridized carbons (Fsp3) is 0.581. The number of H-pyrrole nitrogens is 2. The maximum absolute atomic E-state index is 13.5. The fourth-order valence-corrected chi connectivity index (χ4v) is 6.95. The van der Waals surface area contributed by atoms with Crippen molar-refractivity contribution < 1.29 is 28.7 Å². The standard InChI is InChI=1S/C31H44N10O6S/c1-16(2)23(38-30(44)46-5)27(42)40-11-7-9-19(40)25-32-13-18(35-25)21-14-34-29(48-21)37-22-15-33-26(36-22)20-10-8-12-41(20)28(43)24(17(3)4)39-31(45)47-6/h13-17,19-20,23-24H,7-12H2,1-6H3,(H,32,35)(H,33,36)(H,34,37)(H,38,44)(H,39,45). The van der Waals surface area contributed by atoms with Crippen molar-refractivity contribution in [3.8, 4) is 10.6 Å². The van der Waals surface area contributed by atoms with Crippen LogP contribution in [0.25, 0.3) is 10.6 Å². The second-order valence-electron chi connectivity index (χ2n) is 12.6. The lowest BCUT2D eigenvalue weighted by Gasteiger charge is -2.30.